The molecule has 0 radical (unpaired) electrons. The van der Waals surface area contributed by atoms with Crippen LogP contribution in [0.4, 0.5) is 0 Å². The summed E-state index contributed by atoms with van der Waals surface area (Å²) in [4.78, 5) is -0.131. The Kier molecular flexibility index (Phi) is 4.26. The van der Waals surface area contributed by atoms with E-state index in [1.54, 1.807) is 0 Å². The predicted molar refractivity (Wildman–Crippen MR) is 66.9 cm³/mol. The fourth-order valence-electron chi connectivity index (χ4n) is 2.48. The van der Waals surface area contributed by atoms with Crippen molar-refractivity contribution in [3.8, 4) is 0 Å². The van der Waals surface area contributed by atoms with Crippen molar-refractivity contribution >= 4 is 15.9 Å². The van der Waals surface area contributed by atoms with E-state index in [4.69, 9.17) is 9.47 Å². The zero-order valence-corrected chi connectivity index (χ0v) is 11.3. The van der Waals surface area contributed by atoms with Crippen molar-refractivity contribution < 1.29 is 19.7 Å². The first-order valence-electron chi connectivity index (χ1n) is 6.02. The fourth-order valence-corrected chi connectivity index (χ4v) is 3.27. The van der Waals surface area contributed by atoms with Crippen molar-refractivity contribution in [2.75, 3.05) is 6.61 Å². The van der Waals surface area contributed by atoms with Crippen LogP contribution in [0.5, 0.6) is 0 Å². The zero-order chi connectivity index (χ0) is 12.5. The maximum absolute atomic E-state index is 10.0. The summed E-state index contributed by atoms with van der Waals surface area (Å²) in [6.07, 6.45) is 2.57. The number of aliphatic hydroxyl groups is 2. The number of halogens is 1. The van der Waals surface area contributed by atoms with Crippen molar-refractivity contribution in [1.29, 1.82) is 0 Å². The first-order chi connectivity index (χ1) is 8.08. The molecule has 5 atom stereocenters. The van der Waals surface area contributed by atoms with Gasteiger partial charge in [-0.15, -0.1) is 6.58 Å². The van der Waals surface area contributed by atoms with E-state index in [0.29, 0.717) is 13.0 Å². The number of alkyl halides is 1. The van der Waals surface area contributed by atoms with Gasteiger partial charge < -0.3 is 19.7 Å². The van der Waals surface area contributed by atoms with E-state index in [1.165, 1.54) is 6.08 Å². The molecule has 2 fully saturated rings. The molecule has 2 heterocycles. The van der Waals surface area contributed by atoms with Crippen LogP contribution in [-0.2, 0) is 9.47 Å². The molecule has 98 valence electrons. The third-order valence-corrected chi connectivity index (χ3v) is 4.32. The summed E-state index contributed by atoms with van der Waals surface area (Å²) >= 11 is 3.45. The Morgan fingerprint density at radius 1 is 1.47 bits per heavy atom. The van der Waals surface area contributed by atoms with Gasteiger partial charge in [0.15, 0.2) is 5.79 Å². The number of aliphatic hydroxyl groups excluding tert-OH is 2. The van der Waals surface area contributed by atoms with Gasteiger partial charge in [-0.2, -0.15) is 0 Å². The molecule has 0 amide bonds. The Hall–Kier alpha value is 0.0600. The van der Waals surface area contributed by atoms with Crippen molar-refractivity contribution in [3.05, 3.63) is 12.7 Å². The van der Waals surface area contributed by atoms with Crippen molar-refractivity contribution in [1.82, 2.24) is 0 Å². The quantitative estimate of drug-likeness (QED) is 0.597. The average molecular weight is 307 g/mol. The molecular weight excluding hydrogens is 288 g/mol. The van der Waals surface area contributed by atoms with Gasteiger partial charge in [0, 0.05) is 17.7 Å². The second kappa shape index (κ2) is 5.36. The molecule has 0 bridgehead atoms. The summed E-state index contributed by atoms with van der Waals surface area (Å²) in [6, 6.07) is 0. The molecule has 0 unspecified atom stereocenters. The van der Waals surface area contributed by atoms with Crippen LogP contribution in [0.2, 0.25) is 0 Å². The van der Waals surface area contributed by atoms with E-state index in [9.17, 15) is 10.2 Å². The minimum Gasteiger partial charge on any atom is -0.389 e. The molecule has 1 spiro atoms. The smallest absolute Gasteiger partial charge is 0.170 e. The molecule has 2 N–H and O–H groups in total. The minimum atomic E-state index is -0.882. The van der Waals surface area contributed by atoms with E-state index >= 15 is 0 Å². The number of rotatable bonds is 2. The number of hydrogen-bond donors (Lipinski definition) is 2. The summed E-state index contributed by atoms with van der Waals surface area (Å²) in [7, 11) is 0. The molecule has 0 aromatic carbocycles. The number of ether oxygens (including phenoxy) is 2. The highest BCUT2D eigenvalue weighted by Crippen LogP contribution is 2.40. The number of hydrogen-bond acceptors (Lipinski definition) is 4. The average Bonchev–Trinajstić information content (AvgIpc) is 2.34. The molecule has 2 aliphatic rings. The largest absolute Gasteiger partial charge is 0.389 e. The van der Waals surface area contributed by atoms with Crippen molar-refractivity contribution in [3.63, 3.8) is 0 Å². The highest BCUT2D eigenvalue weighted by Gasteiger charge is 2.49. The third-order valence-electron chi connectivity index (χ3n) is 3.46. The van der Waals surface area contributed by atoms with E-state index < -0.39 is 24.1 Å². The topological polar surface area (TPSA) is 58.9 Å². The normalized spacial score (nSPS) is 44.5. The predicted octanol–water partition coefficient (Wildman–Crippen LogP) is 1.34. The van der Waals surface area contributed by atoms with Crippen LogP contribution in [0.15, 0.2) is 12.7 Å². The van der Waals surface area contributed by atoms with Gasteiger partial charge in [0.05, 0.1) is 12.7 Å². The lowest BCUT2D eigenvalue weighted by Crippen LogP contribution is -2.58. The van der Waals surface area contributed by atoms with Gasteiger partial charge in [0.1, 0.15) is 12.2 Å². The van der Waals surface area contributed by atoms with Gasteiger partial charge in [0.25, 0.3) is 0 Å². The molecule has 0 aliphatic carbocycles. The van der Waals surface area contributed by atoms with Gasteiger partial charge in [-0.3, -0.25) is 0 Å². The first-order valence-corrected chi connectivity index (χ1v) is 6.94. The van der Waals surface area contributed by atoms with Crippen molar-refractivity contribution in [2.45, 2.75) is 54.6 Å². The highest BCUT2D eigenvalue weighted by atomic mass is 79.9. The maximum Gasteiger partial charge on any atom is 0.170 e. The summed E-state index contributed by atoms with van der Waals surface area (Å²) in [6.45, 7) is 4.20. The van der Waals surface area contributed by atoms with Gasteiger partial charge in [0.2, 0.25) is 0 Å². The second-order valence-corrected chi connectivity index (χ2v) is 5.91. The van der Waals surface area contributed by atoms with E-state index in [0.717, 1.165) is 19.3 Å². The van der Waals surface area contributed by atoms with Crippen LogP contribution in [0.3, 0.4) is 0 Å². The Balaban J connectivity index is 2.13. The minimum absolute atomic E-state index is 0.131. The molecule has 0 aromatic heterocycles. The Morgan fingerprint density at radius 2 is 2.24 bits per heavy atom. The van der Waals surface area contributed by atoms with E-state index in [1.807, 2.05) is 0 Å². The summed E-state index contributed by atoms with van der Waals surface area (Å²) < 4.78 is 11.6. The molecule has 17 heavy (non-hydrogen) atoms. The molecule has 5 heteroatoms. The monoisotopic (exact) mass is 306 g/mol. The van der Waals surface area contributed by atoms with E-state index in [2.05, 4.69) is 22.5 Å². The fraction of sp³-hybridized carbons (Fsp3) is 0.833. The van der Waals surface area contributed by atoms with Crippen LogP contribution < -0.4 is 0 Å². The van der Waals surface area contributed by atoms with Crippen LogP contribution in [0.25, 0.3) is 0 Å². The molecule has 0 saturated carbocycles. The van der Waals surface area contributed by atoms with Gasteiger partial charge in [-0.25, -0.2) is 0 Å². The Bertz CT molecular complexity index is 278. The molecular formula is C12H19BrO4. The molecule has 2 rings (SSSR count). The zero-order valence-electron chi connectivity index (χ0n) is 9.72. The molecule has 0 aromatic rings. The molecule has 2 aliphatic heterocycles. The van der Waals surface area contributed by atoms with Crippen LogP contribution >= 0.6 is 15.9 Å². The van der Waals surface area contributed by atoms with Crippen molar-refractivity contribution in [2.24, 2.45) is 0 Å². The lowest BCUT2D eigenvalue weighted by atomic mass is 9.91. The lowest BCUT2D eigenvalue weighted by Gasteiger charge is -2.47. The standard InChI is InChI=1S/C12H19BrO4/c1-2-9(14)11-10(15)8(13)7-12(17-11)5-3-4-6-16-12/h2,8-11,14-15H,1,3-7H2/t8-,9+,10+,11-,12+/m0/s1. The maximum atomic E-state index is 10.0. The van der Waals surface area contributed by atoms with Gasteiger partial charge in [-0.05, 0) is 12.8 Å². The van der Waals surface area contributed by atoms with Gasteiger partial charge in [-0.1, -0.05) is 22.0 Å². The summed E-state index contributed by atoms with van der Waals surface area (Å²) in [5.74, 6) is -0.652. The van der Waals surface area contributed by atoms with Crippen LogP contribution in [-0.4, -0.2) is 45.7 Å². The highest BCUT2D eigenvalue weighted by molar-refractivity contribution is 9.09. The molecule has 2 saturated heterocycles. The van der Waals surface area contributed by atoms with E-state index in [-0.39, 0.29) is 4.83 Å². The Labute approximate surface area is 110 Å². The SMILES string of the molecule is C=C[C@@H](O)[C@@H]1O[C@]2(CCCCO2)C[C@H](Br)[C@H]1O. The Morgan fingerprint density at radius 3 is 2.82 bits per heavy atom. The summed E-state index contributed by atoms with van der Waals surface area (Å²) in [5.41, 5.74) is 0. The van der Waals surface area contributed by atoms with Crippen LogP contribution in [0, 0.1) is 0 Å². The van der Waals surface area contributed by atoms with Crippen LogP contribution in [0.1, 0.15) is 25.7 Å². The summed E-state index contributed by atoms with van der Waals surface area (Å²) in [5, 5.41) is 19.8. The molecule has 4 nitrogen and oxygen atoms in total. The first kappa shape index (κ1) is 13.5. The third kappa shape index (κ3) is 2.74. The lowest BCUT2D eigenvalue weighted by molar-refractivity contribution is -0.319. The van der Waals surface area contributed by atoms with Gasteiger partial charge >= 0.3 is 0 Å². The second-order valence-electron chi connectivity index (χ2n) is 4.74.